The van der Waals surface area contributed by atoms with Crippen molar-refractivity contribution in [2.75, 3.05) is 13.2 Å². The molecule has 0 atom stereocenters. The summed E-state index contributed by atoms with van der Waals surface area (Å²) in [5.41, 5.74) is 1.90. The predicted octanol–water partition coefficient (Wildman–Crippen LogP) is 3.90. The molecular weight excluding hydrogens is 305 g/mol. The highest BCUT2D eigenvalue weighted by atomic mass is 35.5. The summed E-state index contributed by atoms with van der Waals surface area (Å²) in [6.07, 6.45) is 0. The van der Waals surface area contributed by atoms with Crippen molar-refractivity contribution in [2.45, 2.75) is 13.8 Å². The maximum absolute atomic E-state index is 13.4. The van der Waals surface area contributed by atoms with Gasteiger partial charge in [0.2, 0.25) is 0 Å². The largest absolute Gasteiger partial charge is 0.492 e. The van der Waals surface area contributed by atoms with Crippen LogP contribution in [0.5, 0.6) is 5.75 Å². The third-order valence-corrected chi connectivity index (χ3v) is 3.78. The van der Waals surface area contributed by atoms with E-state index in [2.05, 4.69) is 5.32 Å². The number of nitrogens with one attached hydrogen (secondary N) is 1. The molecule has 3 nitrogen and oxygen atoms in total. The minimum atomic E-state index is -0.537. The molecule has 5 heteroatoms. The van der Waals surface area contributed by atoms with Crippen LogP contribution >= 0.6 is 11.6 Å². The molecule has 0 aliphatic rings. The Balaban J connectivity index is 1.85. The number of halogens is 2. The smallest absolute Gasteiger partial charge is 0.254 e. The number of benzene rings is 2. The van der Waals surface area contributed by atoms with Crippen LogP contribution in [-0.4, -0.2) is 19.1 Å². The topological polar surface area (TPSA) is 38.3 Å². The molecule has 1 N–H and O–H groups in total. The van der Waals surface area contributed by atoms with Gasteiger partial charge in [-0.2, -0.15) is 0 Å². The normalized spacial score (nSPS) is 10.4. The summed E-state index contributed by atoms with van der Waals surface area (Å²) in [7, 11) is 0. The molecule has 0 aromatic heterocycles. The fourth-order valence-electron chi connectivity index (χ4n) is 2.06. The van der Waals surface area contributed by atoms with Crippen LogP contribution in [0.4, 0.5) is 4.39 Å². The first kappa shape index (κ1) is 16.3. The second kappa shape index (κ2) is 7.27. The first-order valence-electron chi connectivity index (χ1n) is 6.91. The van der Waals surface area contributed by atoms with Gasteiger partial charge in [0.15, 0.2) is 0 Å². The molecule has 0 heterocycles. The second-order valence-electron chi connectivity index (χ2n) is 4.96. The Labute approximate surface area is 134 Å². The molecule has 116 valence electrons. The Kier molecular flexibility index (Phi) is 5.39. The highest BCUT2D eigenvalue weighted by molar-refractivity contribution is 6.32. The third-order valence-electron chi connectivity index (χ3n) is 3.18. The van der Waals surface area contributed by atoms with E-state index in [1.165, 1.54) is 12.1 Å². The van der Waals surface area contributed by atoms with E-state index in [1.807, 2.05) is 26.0 Å². The molecule has 22 heavy (non-hydrogen) atoms. The molecule has 2 aromatic carbocycles. The summed E-state index contributed by atoms with van der Waals surface area (Å²) in [5.74, 6) is -0.297. The maximum Gasteiger partial charge on any atom is 0.254 e. The molecule has 0 unspecified atom stereocenters. The van der Waals surface area contributed by atoms with Crippen molar-refractivity contribution in [2.24, 2.45) is 0 Å². The number of amides is 1. The molecule has 1 amide bonds. The van der Waals surface area contributed by atoms with Gasteiger partial charge in [-0.25, -0.2) is 4.39 Å². The van der Waals surface area contributed by atoms with Crippen molar-refractivity contribution in [3.8, 4) is 5.75 Å². The van der Waals surface area contributed by atoms with Gasteiger partial charge in [0.25, 0.3) is 5.91 Å². The highest BCUT2D eigenvalue weighted by Gasteiger charge is 2.10. The SMILES string of the molecule is Cc1cc(OCCNC(=O)c2ccccc2F)cc(C)c1Cl. The zero-order chi connectivity index (χ0) is 16.1. The van der Waals surface area contributed by atoms with Crippen LogP contribution in [0.3, 0.4) is 0 Å². The molecule has 0 spiro atoms. The zero-order valence-corrected chi connectivity index (χ0v) is 13.2. The average molecular weight is 322 g/mol. The Hall–Kier alpha value is -2.07. The van der Waals surface area contributed by atoms with Gasteiger partial charge in [-0.05, 0) is 49.2 Å². The lowest BCUT2D eigenvalue weighted by Gasteiger charge is -2.11. The number of ether oxygens (including phenoxy) is 1. The van der Waals surface area contributed by atoms with Crippen LogP contribution in [0.1, 0.15) is 21.5 Å². The van der Waals surface area contributed by atoms with Crippen molar-refractivity contribution < 1.29 is 13.9 Å². The summed E-state index contributed by atoms with van der Waals surface area (Å²) in [5, 5.41) is 3.34. The summed E-state index contributed by atoms with van der Waals surface area (Å²) >= 11 is 6.09. The highest BCUT2D eigenvalue weighted by Crippen LogP contribution is 2.25. The molecule has 2 aromatic rings. The van der Waals surface area contributed by atoms with Crippen molar-refractivity contribution in [3.63, 3.8) is 0 Å². The molecule has 0 fully saturated rings. The Morgan fingerprint density at radius 2 is 1.86 bits per heavy atom. The number of rotatable bonds is 5. The molecule has 0 saturated heterocycles. The van der Waals surface area contributed by atoms with Gasteiger partial charge in [0.05, 0.1) is 12.1 Å². The lowest BCUT2D eigenvalue weighted by molar-refractivity contribution is 0.0943. The van der Waals surface area contributed by atoms with Crippen LogP contribution in [0, 0.1) is 19.7 Å². The Bertz CT molecular complexity index is 665. The molecule has 2 rings (SSSR count). The molecule has 0 aliphatic carbocycles. The quantitative estimate of drug-likeness (QED) is 0.848. The predicted molar refractivity (Wildman–Crippen MR) is 85.2 cm³/mol. The first-order valence-corrected chi connectivity index (χ1v) is 7.29. The van der Waals surface area contributed by atoms with Crippen molar-refractivity contribution >= 4 is 17.5 Å². The van der Waals surface area contributed by atoms with Crippen LogP contribution in [-0.2, 0) is 0 Å². The third kappa shape index (κ3) is 3.98. The molecule has 0 saturated carbocycles. The number of hydrogen-bond acceptors (Lipinski definition) is 2. The Morgan fingerprint density at radius 3 is 2.50 bits per heavy atom. The van der Waals surface area contributed by atoms with Crippen molar-refractivity contribution in [3.05, 3.63) is 63.9 Å². The number of carbonyl (C=O) groups excluding carboxylic acids is 1. The first-order chi connectivity index (χ1) is 10.5. The van der Waals surface area contributed by atoms with Crippen LogP contribution < -0.4 is 10.1 Å². The number of aryl methyl sites for hydroxylation is 2. The molecule has 0 bridgehead atoms. The fourth-order valence-corrected chi connectivity index (χ4v) is 2.17. The van der Waals surface area contributed by atoms with Crippen LogP contribution in [0.2, 0.25) is 5.02 Å². The summed E-state index contributed by atoms with van der Waals surface area (Å²) in [6.45, 7) is 4.39. The van der Waals surface area contributed by atoms with Crippen molar-refractivity contribution in [1.29, 1.82) is 0 Å². The van der Waals surface area contributed by atoms with Gasteiger partial charge >= 0.3 is 0 Å². The molecule has 0 aliphatic heterocycles. The van der Waals surface area contributed by atoms with Gasteiger partial charge in [0.1, 0.15) is 18.2 Å². The minimum Gasteiger partial charge on any atom is -0.492 e. The van der Waals surface area contributed by atoms with E-state index >= 15 is 0 Å². The van der Waals surface area contributed by atoms with Gasteiger partial charge in [0, 0.05) is 5.02 Å². The zero-order valence-electron chi connectivity index (χ0n) is 12.5. The molecule has 0 radical (unpaired) electrons. The van der Waals surface area contributed by atoms with E-state index in [0.717, 1.165) is 16.1 Å². The van der Waals surface area contributed by atoms with E-state index in [4.69, 9.17) is 16.3 Å². The average Bonchev–Trinajstić information content (AvgIpc) is 2.49. The number of hydrogen-bond donors (Lipinski definition) is 1. The monoisotopic (exact) mass is 321 g/mol. The second-order valence-corrected chi connectivity index (χ2v) is 5.33. The van der Waals surface area contributed by atoms with E-state index in [0.29, 0.717) is 12.4 Å². The van der Waals surface area contributed by atoms with Crippen molar-refractivity contribution in [1.82, 2.24) is 5.32 Å². The van der Waals surface area contributed by atoms with E-state index in [-0.39, 0.29) is 12.1 Å². The standard InChI is InChI=1S/C17H17ClFNO2/c1-11-9-13(10-12(2)16(11)18)22-8-7-20-17(21)14-5-3-4-6-15(14)19/h3-6,9-10H,7-8H2,1-2H3,(H,20,21). The van der Waals surface area contributed by atoms with E-state index in [1.54, 1.807) is 12.1 Å². The lowest BCUT2D eigenvalue weighted by atomic mass is 10.1. The number of carbonyl (C=O) groups is 1. The summed E-state index contributed by atoms with van der Waals surface area (Å²) in [4.78, 5) is 11.8. The lowest BCUT2D eigenvalue weighted by Crippen LogP contribution is -2.28. The fraction of sp³-hybridized carbons (Fsp3) is 0.235. The van der Waals surface area contributed by atoms with Gasteiger partial charge in [-0.15, -0.1) is 0 Å². The summed E-state index contributed by atoms with van der Waals surface area (Å²) < 4.78 is 19.0. The van der Waals surface area contributed by atoms with Crippen LogP contribution in [0.15, 0.2) is 36.4 Å². The molecular formula is C17H17ClFNO2. The van der Waals surface area contributed by atoms with Gasteiger partial charge in [-0.3, -0.25) is 4.79 Å². The van der Waals surface area contributed by atoms with E-state index in [9.17, 15) is 9.18 Å². The minimum absolute atomic E-state index is 0.0284. The van der Waals surface area contributed by atoms with Gasteiger partial charge in [-0.1, -0.05) is 23.7 Å². The van der Waals surface area contributed by atoms with E-state index < -0.39 is 11.7 Å². The van der Waals surface area contributed by atoms with Gasteiger partial charge < -0.3 is 10.1 Å². The maximum atomic E-state index is 13.4. The summed E-state index contributed by atoms with van der Waals surface area (Å²) in [6, 6.07) is 9.54. The Morgan fingerprint density at radius 1 is 1.23 bits per heavy atom. The van der Waals surface area contributed by atoms with Crippen LogP contribution in [0.25, 0.3) is 0 Å².